The fourth-order valence-corrected chi connectivity index (χ4v) is 1.43. The first kappa shape index (κ1) is 6.19. The van der Waals surface area contributed by atoms with E-state index in [2.05, 4.69) is 6.92 Å². The number of hydrogen-bond acceptors (Lipinski definition) is 0. The first-order valence-electron chi connectivity index (χ1n) is 3.56. The fraction of sp³-hybridized carbons (Fsp3) is 1.00. The van der Waals surface area contributed by atoms with Gasteiger partial charge in [-0.15, -0.1) is 0 Å². The van der Waals surface area contributed by atoms with Crippen LogP contribution in [0.3, 0.4) is 0 Å². The van der Waals surface area contributed by atoms with Crippen LogP contribution in [0.1, 0.15) is 39.0 Å². The SMILES string of the molecule is [B]C1(CC)CCCC1. The van der Waals surface area contributed by atoms with Gasteiger partial charge >= 0.3 is 0 Å². The normalized spacial score (nSPS) is 26.1. The van der Waals surface area contributed by atoms with E-state index in [-0.39, 0.29) is 5.31 Å². The highest BCUT2D eigenvalue weighted by molar-refractivity contribution is 6.15. The second kappa shape index (κ2) is 2.12. The second-order valence-corrected chi connectivity index (χ2v) is 2.92. The highest BCUT2D eigenvalue weighted by Crippen LogP contribution is 2.44. The van der Waals surface area contributed by atoms with Gasteiger partial charge < -0.3 is 0 Å². The van der Waals surface area contributed by atoms with E-state index in [9.17, 15) is 0 Å². The highest BCUT2D eigenvalue weighted by atomic mass is 14.3. The maximum absolute atomic E-state index is 5.96. The molecule has 8 heavy (non-hydrogen) atoms. The number of rotatable bonds is 1. The standard InChI is InChI=1S/C7H13B/c1-2-7(8)5-3-4-6-7/h2-6H2,1H3. The van der Waals surface area contributed by atoms with Crippen LogP contribution < -0.4 is 0 Å². The molecule has 1 aliphatic carbocycles. The molecule has 0 heterocycles. The zero-order chi connectivity index (χ0) is 6.04. The molecule has 1 aliphatic rings. The van der Waals surface area contributed by atoms with Crippen LogP contribution in [0, 0.1) is 0 Å². The Hall–Kier alpha value is 0.0649. The fourth-order valence-electron chi connectivity index (χ4n) is 1.43. The molecule has 0 atom stereocenters. The molecule has 0 aliphatic heterocycles. The lowest BCUT2D eigenvalue weighted by Gasteiger charge is -2.20. The third-order valence-electron chi connectivity index (χ3n) is 2.30. The van der Waals surface area contributed by atoms with E-state index < -0.39 is 0 Å². The summed E-state index contributed by atoms with van der Waals surface area (Å²) in [4.78, 5) is 0. The quantitative estimate of drug-likeness (QED) is 0.452. The van der Waals surface area contributed by atoms with Crippen LogP contribution >= 0.6 is 0 Å². The Morgan fingerprint density at radius 2 is 1.88 bits per heavy atom. The zero-order valence-electron chi connectivity index (χ0n) is 5.61. The minimum absolute atomic E-state index is 0.236. The molecule has 1 saturated carbocycles. The van der Waals surface area contributed by atoms with Gasteiger partial charge in [0.2, 0.25) is 0 Å². The Morgan fingerprint density at radius 1 is 1.38 bits per heavy atom. The van der Waals surface area contributed by atoms with Gasteiger partial charge in [-0.3, -0.25) is 0 Å². The van der Waals surface area contributed by atoms with Gasteiger partial charge in [0.15, 0.2) is 0 Å². The molecule has 0 bridgehead atoms. The van der Waals surface area contributed by atoms with Gasteiger partial charge in [-0.25, -0.2) is 0 Å². The molecule has 1 heteroatoms. The lowest BCUT2D eigenvalue weighted by molar-refractivity contribution is 0.558. The van der Waals surface area contributed by atoms with Gasteiger partial charge in [0.05, 0.1) is 7.85 Å². The van der Waals surface area contributed by atoms with Gasteiger partial charge in [-0.1, -0.05) is 44.3 Å². The van der Waals surface area contributed by atoms with Crippen molar-refractivity contribution in [3.63, 3.8) is 0 Å². The summed E-state index contributed by atoms with van der Waals surface area (Å²) < 4.78 is 0. The molecule has 0 aromatic heterocycles. The van der Waals surface area contributed by atoms with E-state index in [0.29, 0.717) is 0 Å². The molecule has 0 nitrogen and oxygen atoms in total. The van der Waals surface area contributed by atoms with E-state index >= 15 is 0 Å². The van der Waals surface area contributed by atoms with Crippen LogP contribution in [-0.4, -0.2) is 7.85 Å². The van der Waals surface area contributed by atoms with E-state index in [1.54, 1.807) is 0 Å². The predicted octanol–water partition coefficient (Wildman–Crippen LogP) is 2.30. The van der Waals surface area contributed by atoms with Crippen molar-refractivity contribution in [2.75, 3.05) is 0 Å². The van der Waals surface area contributed by atoms with E-state index in [0.717, 1.165) is 6.42 Å². The molecular formula is C7H13B. The molecule has 2 radical (unpaired) electrons. The molecule has 0 unspecified atom stereocenters. The Morgan fingerprint density at radius 3 is 2.12 bits per heavy atom. The molecule has 0 aromatic carbocycles. The number of hydrogen-bond donors (Lipinski definition) is 0. The Labute approximate surface area is 53.1 Å². The van der Waals surface area contributed by atoms with Gasteiger partial charge in [0.25, 0.3) is 0 Å². The van der Waals surface area contributed by atoms with Crippen molar-refractivity contribution in [1.29, 1.82) is 0 Å². The summed E-state index contributed by atoms with van der Waals surface area (Å²) in [5.74, 6) is 0. The molecule has 0 saturated heterocycles. The van der Waals surface area contributed by atoms with Crippen molar-refractivity contribution in [2.24, 2.45) is 0 Å². The van der Waals surface area contributed by atoms with Crippen LogP contribution in [0.15, 0.2) is 0 Å². The molecule has 44 valence electrons. The van der Waals surface area contributed by atoms with Crippen LogP contribution in [0.2, 0.25) is 5.31 Å². The smallest absolute Gasteiger partial charge is 0.0663 e. The minimum Gasteiger partial charge on any atom is -0.0663 e. The van der Waals surface area contributed by atoms with Crippen molar-refractivity contribution in [3.8, 4) is 0 Å². The summed E-state index contributed by atoms with van der Waals surface area (Å²) in [6.45, 7) is 2.19. The minimum atomic E-state index is 0.236. The van der Waals surface area contributed by atoms with Crippen molar-refractivity contribution >= 4 is 7.85 Å². The Balaban J connectivity index is 2.40. The summed E-state index contributed by atoms with van der Waals surface area (Å²) in [6.07, 6.45) is 6.37. The molecule has 1 fully saturated rings. The van der Waals surface area contributed by atoms with Gasteiger partial charge in [-0.2, -0.15) is 0 Å². The average molecular weight is 108 g/mol. The largest absolute Gasteiger partial charge is 0.0746 e. The summed E-state index contributed by atoms with van der Waals surface area (Å²) in [7, 11) is 5.96. The van der Waals surface area contributed by atoms with Gasteiger partial charge in [-0.05, 0) is 0 Å². The van der Waals surface area contributed by atoms with E-state index in [1.807, 2.05) is 0 Å². The van der Waals surface area contributed by atoms with E-state index in [1.165, 1.54) is 25.7 Å². The molecule has 0 amide bonds. The second-order valence-electron chi connectivity index (χ2n) is 2.92. The summed E-state index contributed by atoms with van der Waals surface area (Å²) >= 11 is 0. The predicted molar refractivity (Wildman–Crippen MR) is 37.2 cm³/mol. The summed E-state index contributed by atoms with van der Waals surface area (Å²) in [6, 6.07) is 0. The van der Waals surface area contributed by atoms with Gasteiger partial charge in [0.1, 0.15) is 0 Å². The molecule has 0 aromatic rings. The summed E-state index contributed by atoms with van der Waals surface area (Å²) in [5.41, 5.74) is 0. The maximum Gasteiger partial charge on any atom is 0.0746 e. The van der Waals surface area contributed by atoms with Gasteiger partial charge in [0, 0.05) is 0 Å². The van der Waals surface area contributed by atoms with Crippen molar-refractivity contribution in [2.45, 2.75) is 44.3 Å². The monoisotopic (exact) mass is 108 g/mol. The topological polar surface area (TPSA) is 0 Å². The third kappa shape index (κ3) is 1.07. The van der Waals surface area contributed by atoms with Crippen LogP contribution in [0.4, 0.5) is 0 Å². The van der Waals surface area contributed by atoms with Crippen LogP contribution in [0.25, 0.3) is 0 Å². The lowest BCUT2D eigenvalue weighted by atomic mass is 9.66. The molecule has 1 rings (SSSR count). The molecular weight excluding hydrogens is 94.9 g/mol. The first-order valence-corrected chi connectivity index (χ1v) is 3.56. The lowest BCUT2D eigenvalue weighted by Crippen LogP contribution is -2.04. The van der Waals surface area contributed by atoms with Crippen molar-refractivity contribution < 1.29 is 0 Å². The van der Waals surface area contributed by atoms with Crippen LogP contribution in [0.5, 0.6) is 0 Å². The first-order chi connectivity index (χ1) is 3.77. The maximum atomic E-state index is 5.96. The van der Waals surface area contributed by atoms with Crippen LogP contribution in [-0.2, 0) is 0 Å². The highest BCUT2D eigenvalue weighted by Gasteiger charge is 2.25. The summed E-state index contributed by atoms with van der Waals surface area (Å²) in [5, 5.41) is 0.236. The molecule has 0 N–H and O–H groups in total. The zero-order valence-corrected chi connectivity index (χ0v) is 5.61. The Kier molecular flexibility index (Phi) is 1.64. The molecule has 0 spiro atoms. The van der Waals surface area contributed by atoms with E-state index in [4.69, 9.17) is 7.85 Å². The average Bonchev–Trinajstić information content (AvgIpc) is 2.17. The van der Waals surface area contributed by atoms with Crippen molar-refractivity contribution in [3.05, 3.63) is 0 Å². The van der Waals surface area contributed by atoms with Crippen molar-refractivity contribution in [1.82, 2.24) is 0 Å². The third-order valence-corrected chi connectivity index (χ3v) is 2.30. The Bertz CT molecular complexity index is 72.5.